The molecule has 4 heteroatoms. The highest BCUT2D eigenvalue weighted by atomic mass is 32.1. The van der Waals surface area contributed by atoms with Gasteiger partial charge in [0, 0.05) is 17.1 Å². The molecule has 0 aliphatic heterocycles. The number of carboxylic acids is 1. The van der Waals surface area contributed by atoms with E-state index in [9.17, 15) is 9.90 Å². The second-order valence-electron chi connectivity index (χ2n) is 4.52. The quantitative estimate of drug-likeness (QED) is 0.761. The Balaban J connectivity index is 2.02. The molecule has 2 heterocycles. The van der Waals surface area contributed by atoms with Gasteiger partial charge in [0.1, 0.15) is 0 Å². The minimum absolute atomic E-state index is 0.509. The fourth-order valence-electron chi connectivity index (χ4n) is 2.36. The number of carboxylic acid groups (broad SMARTS) is 1. The smallest absolute Gasteiger partial charge is 0.311 e. The summed E-state index contributed by atoms with van der Waals surface area (Å²) < 4.78 is 0. The molecule has 2 aromatic heterocycles. The van der Waals surface area contributed by atoms with Crippen LogP contribution in [-0.4, -0.2) is 16.1 Å². The van der Waals surface area contributed by atoms with Crippen LogP contribution in [-0.2, 0) is 11.2 Å². The van der Waals surface area contributed by atoms with Crippen LogP contribution >= 0.6 is 11.3 Å². The molecule has 3 nitrogen and oxygen atoms in total. The third-order valence-corrected chi connectivity index (χ3v) is 4.05. The zero-order chi connectivity index (χ0) is 13.2. The fourth-order valence-corrected chi connectivity index (χ4v) is 3.04. The van der Waals surface area contributed by atoms with Gasteiger partial charge in [-0.15, -0.1) is 0 Å². The van der Waals surface area contributed by atoms with Gasteiger partial charge in [0.15, 0.2) is 0 Å². The van der Waals surface area contributed by atoms with Crippen LogP contribution in [0.3, 0.4) is 0 Å². The van der Waals surface area contributed by atoms with Crippen LogP contribution in [0, 0.1) is 0 Å². The molecule has 0 bridgehead atoms. The number of nitrogens with one attached hydrogen (secondary N) is 1. The minimum Gasteiger partial charge on any atom is -0.481 e. The van der Waals surface area contributed by atoms with Crippen LogP contribution in [0.25, 0.3) is 10.9 Å². The molecular weight excluding hydrogens is 258 g/mol. The van der Waals surface area contributed by atoms with Gasteiger partial charge in [-0.2, -0.15) is 11.3 Å². The second kappa shape index (κ2) is 4.90. The summed E-state index contributed by atoms with van der Waals surface area (Å²) in [7, 11) is 0. The van der Waals surface area contributed by atoms with E-state index in [1.165, 1.54) is 0 Å². The number of fused-ring (bicyclic) bond motifs is 1. The van der Waals surface area contributed by atoms with E-state index in [0.29, 0.717) is 6.42 Å². The standard InChI is InChI=1S/C15H13NO2S/c17-15(18)12(7-10-5-6-19-9-10)13-8-16-14-4-2-1-3-11(13)14/h1-6,8-9,12,16H,7H2,(H,17,18). The summed E-state index contributed by atoms with van der Waals surface area (Å²) in [6, 6.07) is 9.78. The maximum Gasteiger partial charge on any atom is 0.311 e. The van der Waals surface area contributed by atoms with Crippen LogP contribution in [0.2, 0.25) is 0 Å². The molecule has 1 aromatic carbocycles. The average Bonchev–Trinajstić information content (AvgIpc) is 3.05. The van der Waals surface area contributed by atoms with Crippen LogP contribution in [0.1, 0.15) is 17.0 Å². The molecule has 0 amide bonds. The molecule has 0 saturated heterocycles. The van der Waals surface area contributed by atoms with Gasteiger partial charge in [-0.25, -0.2) is 0 Å². The summed E-state index contributed by atoms with van der Waals surface area (Å²) in [5.41, 5.74) is 2.91. The Kier molecular flexibility index (Phi) is 3.09. The van der Waals surface area contributed by atoms with E-state index < -0.39 is 11.9 Å². The van der Waals surface area contributed by atoms with E-state index in [-0.39, 0.29) is 0 Å². The van der Waals surface area contributed by atoms with Crippen molar-refractivity contribution in [2.75, 3.05) is 0 Å². The van der Waals surface area contributed by atoms with Gasteiger partial charge in [-0.1, -0.05) is 18.2 Å². The lowest BCUT2D eigenvalue weighted by Gasteiger charge is -2.10. The maximum absolute atomic E-state index is 11.6. The second-order valence-corrected chi connectivity index (χ2v) is 5.30. The van der Waals surface area contributed by atoms with Gasteiger partial charge >= 0.3 is 5.97 Å². The summed E-state index contributed by atoms with van der Waals surface area (Å²) in [6.45, 7) is 0. The van der Waals surface area contributed by atoms with Gasteiger partial charge < -0.3 is 10.1 Å². The number of benzene rings is 1. The zero-order valence-electron chi connectivity index (χ0n) is 10.2. The molecule has 1 unspecified atom stereocenters. The molecule has 96 valence electrons. The van der Waals surface area contributed by atoms with Gasteiger partial charge in [0.05, 0.1) is 5.92 Å². The van der Waals surface area contributed by atoms with Crippen molar-refractivity contribution in [3.8, 4) is 0 Å². The zero-order valence-corrected chi connectivity index (χ0v) is 11.0. The van der Waals surface area contributed by atoms with Crippen molar-refractivity contribution in [2.24, 2.45) is 0 Å². The van der Waals surface area contributed by atoms with Gasteiger partial charge in [0.2, 0.25) is 0 Å². The van der Waals surface area contributed by atoms with Crippen molar-refractivity contribution >= 4 is 28.2 Å². The molecule has 2 N–H and O–H groups in total. The van der Waals surface area contributed by atoms with Crippen molar-refractivity contribution in [1.82, 2.24) is 4.98 Å². The van der Waals surface area contributed by atoms with Crippen LogP contribution in [0.5, 0.6) is 0 Å². The minimum atomic E-state index is -0.782. The van der Waals surface area contributed by atoms with Crippen LogP contribution in [0.15, 0.2) is 47.3 Å². The molecule has 0 spiro atoms. The molecular formula is C15H13NO2S. The lowest BCUT2D eigenvalue weighted by atomic mass is 9.93. The summed E-state index contributed by atoms with van der Waals surface area (Å²) in [4.78, 5) is 14.7. The Morgan fingerprint density at radius 1 is 1.32 bits per heavy atom. The predicted molar refractivity (Wildman–Crippen MR) is 76.7 cm³/mol. The summed E-state index contributed by atoms with van der Waals surface area (Å²) in [6.07, 6.45) is 2.34. The van der Waals surface area contributed by atoms with E-state index >= 15 is 0 Å². The van der Waals surface area contributed by atoms with E-state index in [0.717, 1.165) is 22.0 Å². The first kappa shape index (κ1) is 12.0. The van der Waals surface area contributed by atoms with Crippen LogP contribution in [0.4, 0.5) is 0 Å². The summed E-state index contributed by atoms with van der Waals surface area (Å²) in [5, 5.41) is 14.5. The molecule has 0 radical (unpaired) electrons. The number of para-hydroxylation sites is 1. The predicted octanol–water partition coefficient (Wildman–Crippen LogP) is 3.64. The first-order chi connectivity index (χ1) is 9.25. The van der Waals surface area contributed by atoms with Gasteiger partial charge in [-0.3, -0.25) is 4.79 Å². The number of carbonyl (C=O) groups is 1. The number of H-pyrrole nitrogens is 1. The van der Waals surface area contributed by atoms with E-state index in [4.69, 9.17) is 0 Å². The highest BCUT2D eigenvalue weighted by molar-refractivity contribution is 7.07. The molecule has 1 atom stereocenters. The van der Waals surface area contributed by atoms with Crippen molar-refractivity contribution in [3.05, 3.63) is 58.4 Å². The van der Waals surface area contributed by atoms with Gasteiger partial charge in [-0.05, 0) is 40.4 Å². The summed E-state index contributed by atoms with van der Waals surface area (Å²) >= 11 is 1.59. The first-order valence-corrected chi connectivity index (χ1v) is 7.00. The monoisotopic (exact) mass is 271 g/mol. The van der Waals surface area contributed by atoms with E-state index in [2.05, 4.69) is 4.98 Å². The molecule has 0 saturated carbocycles. The maximum atomic E-state index is 11.6. The van der Waals surface area contributed by atoms with Crippen molar-refractivity contribution < 1.29 is 9.90 Å². The number of hydrogen-bond acceptors (Lipinski definition) is 2. The number of hydrogen-bond donors (Lipinski definition) is 2. The Bertz CT molecular complexity index is 700. The Labute approximate surface area is 114 Å². The Hall–Kier alpha value is -2.07. The van der Waals surface area contributed by atoms with Crippen molar-refractivity contribution in [2.45, 2.75) is 12.3 Å². The molecule has 3 aromatic rings. The third kappa shape index (κ3) is 2.27. The van der Waals surface area contributed by atoms with E-state index in [1.54, 1.807) is 11.3 Å². The summed E-state index contributed by atoms with van der Waals surface area (Å²) in [5.74, 6) is -1.29. The topological polar surface area (TPSA) is 53.1 Å². The molecule has 0 aliphatic rings. The Morgan fingerprint density at radius 3 is 2.89 bits per heavy atom. The van der Waals surface area contributed by atoms with E-state index in [1.807, 2.05) is 47.3 Å². The molecule has 19 heavy (non-hydrogen) atoms. The van der Waals surface area contributed by atoms with Crippen molar-refractivity contribution in [1.29, 1.82) is 0 Å². The molecule has 3 rings (SSSR count). The number of aliphatic carboxylic acids is 1. The van der Waals surface area contributed by atoms with Crippen LogP contribution < -0.4 is 0 Å². The average molecular weight is 271 g/mol. The molecule has 0 aliphatic carbocycles. The van der Waals surface area contributed by atoms with Crippen molar-refractivity contribution in [3.63, 3.8) is 0 Å². The SMILES string of the molecule is O=C(O)C(Cc1ccsc1)c1c[nH]c2ccccc12. The number of aromatic amines is 1. The first-order valence-electron chi connectivity index (χ1n) is 6.05. The number of aromatic nitrogens is 1. The molecule has 0 fully saturated rings. The fraction of sp³-hybridized carbons (Fsp3) is 0.133. The van der Waals surface area contributed by atoms with Gasteiger partial charge in [0.25, 0.3) is 0 Å². The normalized spacial score (nSPS) is 12.6. The lowest BCUT2D eigenvalue weighted by Crippen LogP contribution is -2.13. The number of thiophene rings is 1. The highest BCUT2D eigenvalue weighted by Gasteiger charge is 2.23. The third-order valence-electron chi connectivity index (χ3n) is 3.31. The highest BCUT2D eigenvalue weighted by Crippen LogP contribution is 2.29. The number of rotatable bonds is 4. The Morgan fingerprint density at radius 2 is 2.16 bits per heavy atom. The lowest BCUT2D eigenvalue weighted by molar-refractivity contribution is -0.138. The largest absolute Gasteiger partial charge is 0.481 e.